The molecule has 0 bridgehead atoms. The summed E-state index contributed by atoms with van der Waals surface area (Å²) in [7, 11) is 1.60. The normalized spacial score (nSPS) is 11.0. The van der Waals surface area contributed by atoms with Crippen LogP contribution in [0, 0.1) is 0 Å². The van der Waals surface area contributed by atoms with Crippen LogP contribution >= 0.6 is 0 Å². The van der Waals surface area contributed by atoms with Gasteiger partial charge in [-0.1, -0.05) is 13.8 Å². The van der Waals surface area contributed by atoms with Gasteiger partial charge in [-0.25, -0.2) is 9.50 Å². The number of nitrogens with one attached hydrogen (secondary N) is 2. The summed E-state index contributed by atoms with van der Waals surface area (Å²) in [5.74, 6) is 0.897. The smallest absolute Gasteiger partial charge is 0.239 e. The van der Waals surface area contributed by atoms with E-state index in [9.17, 15) is 4.79 Å². The molecule has 2 aromatic heterocycles. The van der Waals surface area contributed by atoms with Crippen LogP contribution in [0.4, 0.5) is 5.82 Å². The van der Waals surface area contributed by atoms with E-state index in [1.54, 1.807) is 24.0 Å². The van der Waals surface area contributed by atoms with Gasteiger partial charge in [0, 0.05) is 26.0 Å². The molecule has 2 N–H and O–H groups in total. The number of aromatic nitrogens is 3. The van der Waals surface area contributed by atoms with Gasteiger partial charge >= 0.3 is 0 Å². The summed E-state index contributed by atoms with van der Waals surface area (Å²) in [5.41, 5.74) is 1.86. The van der Waals surface area contributed by atoms with Gasteiger partial charge in [0.1, 0.15) is 5.52 Å². The molecule has 7 heteroatoms. The number of amides is 1. The monoisotopic (exact) mass is 291 g/mol. The Morgan fingerprint density at radius 2 is 2.29 bits per heavy atom. The Balaban J connectivity index is 2.03. The minimum absolute atomic E-state index is 0.0977. The van der Waals surface area contributed by atoms with Crippen LogP contribution in [0.15, 0.2) is 18.5 Å². The van der Waals surface area contributed by atoms with E-state index in [0.717, 1.165) is 11.2 Å². The van der Waals surface area contributed by atoms with E-state index in [1.165, 1.54) is 0 Å². The van der Waals surface area contributed by atoms with E-state index in [4.69, 9.17) is 4.74 Å². The van der Waals surface area contributed by atoms with Crippen LogP contribution in [0.3, 0.4) is 0 Å². The predicted octanol–water partition coefficient (Wildman–Crippen LogP) is 1.03. The van der Waals surface area contributed by atoms with Crippen LogP contribution in [-0.4, -0.2) is 47.3 Å². The number of rotatable bonds is 7. The topological polar surface area (TPSA) is 80.5 Å². The molecule has 2 rings (SSSR count). The summed E-state index contributed by atoms with van der Waals surface area (Å²) < 4.78 is 6.65. The largest absolute Gasteiger partial charge is 0.383 e. The predicted molar refractivity (Wildman–Crippen MR) is 80.5 cm³/mol. The Morgan fingerprint density at radius 1 is 1.48 bits per heavy atom. The molecule has 0 aliphatic heterocycles. The molecule has 1 amide bonds. The van der Waals surface area contributed by atoms with Crippen molar-refractivity contribution in [3.63, 3.8) is 0 Å². The van der Waals surface area contributed by atoms with Crippen molar-refractivity contribution in [3.8, 4) is 0 Å². The average molecular weight is 291 g/mol. The van der Waals surface area contributed by atoms with Crippen molar-refractivity contribution in [2.24, 2.45) is 0 Å². The fraction of sp³-hybridized carbons (Fsp3) is 0.500. The molecule has 0 spiro atoms. The lowest BCUT2D eigenvalue weighted by molar-refractivity contribution is -0.119. The lowest BCUT2D eigenvalue weighted by atomic mass is 10.1. The number of hydrogen-bond donors (Lipinski definition) is 2. The Kier molecular flexibility index (Phi) is 5.10. The minimum Gasteiger partial charge on any atom is -0.383 e. The molecule has 0 fully saturated rings. The van der Waals surface area contributed by atoms with Gasteiger partial charge in [0.15, 0.2) is 5.82 Å². The van der Waals surface area contributed by atoms with Gasteiger partial charge in [-0.15, -0.1) is 0 Å². The number of fused-ring (bicyclic) bond motifs is 1. The maximum Gasteiger partial charge on any atom is 0.239 e. The van der Waals surface area contributed by atoms with Gasteiger partial charge in [-0.05, 0) is 12.0 Å². The molecule has 0 aliphatic carbocycles. The average Bonchev–Trinajstić information content (AvgIpc) is 2.90. The fourth-order valence-corrected chi connectivity index (χ4v) is 1.88. The second-order valence-corrected chi connectivity index (χ2v) is 5.03. The highest BCUT2D eigenvalue weighted by atomic mass is 16.5. The van der Waals surface area contributed by atoms with Gasteiger partial charge in [0.05, 0.1) is 18.8 Å². The van der Waals surface area contributed by atoms with Crippen LogP contribution in [0.1, 0.15) is 25.5 Å². The molecular weight excluding hydrogens is 270 g/mol. The van der Waals surface area contributed by atoms with E-state index < -0.39 is 0 Å². The van der Waals surface area contributed by atoms with Crippen molar-refractivity contribution in [2.45, 2.75) is 19.8 Å². The highest BCUT2D eigenvalue weighted by Gasteiger charge is 2.10. The first-order chi connectivity index (χ1) is 10.1. The number of carbonyl (C=O) groups excluding carboxylic acids is 1. The van der Waals surface area contributed by atoms with Crippen LogP contribution in [0.5, 0.6) is 0 Å². The first kappa shape index (κ1) is 15.2. The van der Waals surface area contributed by atoms with Gasteiger partial charge in [-0.2, -0.15) is 5.10 Å². The van der Waals surface area contributed by atoms with E-state index in [-0.39, 0.29) is 12.5 Å². The molecule has 0 atom stereocenters. The maximum atomic E-state index is 11.7. The summed E-state index contributed by atoms with van der Waals surface area (Å²) in [6, 6.07) is 1.99. The first-order valence-electron chi connectivity index (χ1n) is 6.95. The van der Waals surface area contributed by atoms with Crippen molar-refractivity contribution in [3.05, 3.63) is 24.2 Å². The fourth-order valence-electron chi connectivity index (χ4n) is 1.88. The van der Waals surface area contributed by atoms with Crippen molar-refractivity contribution in [2.75, 3.05) is 32.1 Å². The molecule has 21 heavy (non-hydrogen) atoms. The van der Waals surface area contributed by atoms with Crippen LogP contribution in [-0.2, 0) is 9.53 Å². The van der Waals surface area contributed by atoms with Gasteiger partial charge < -0.3 is 15.4 Å². The number of carbonyl (C=O) groups is 1. The second-order valence-electron chi connectivity index (χ2n) is 5.03. The standard InChI is InChI=1S/C14H21N5O2/c1-10(2)11-8-12-14(16-4-6-19(12)18-11)17-9-13(20)15-5-7-21-3/h4,6,8,10H,5,7,9H2,1-3H3,(H,15,20)(H,16,17). The second kappa shape index (κ2) is 7.03. The lowest BCUT2D eigenvalue weighted by Gasteiger charge is -2.07. The van der Waals surface area contributed by atoms with Crippen molar-refractivity contribution < 1.29 is 9.53 Å². The third kappa shape index (κ3) is 3.91. The summed E-state index contributed by atoms with van der Waals surface area (Å²) >= 11 is 0. The number of methoxy groups -OCH3 is 1. The molecule has 7 nitrogen and oxygen atoms in total. The molecule has 0 radical (unpaired) electrons. The Hall–Kier alpha value is -2.15. The summed E-state index contributed by atoms with van der Waals surface area (Å²) in [5, 5.41) is 10.3. The number of ether oxygens (including phenoxy) is 1. The van der Waals surface area contributed by atoms with Gasteiger partial charge in [0.25, 0.3) is 0 Å². The Bertz CT molecular complexity index is 608. The Morgan fingerprint density at radius 3 is 3.00 bits per heavy atom. The summed E-state index contributed by atoms with van der Waals surface area (Å²) in [6.45, 7) is 5.34. The highest BCUT2D eigenvalue weighted by Crippen LogP contribution is 2.19. The molecule has 114 valence electrons. The highest BCUT2D eigenvalue weighted by molar-refractivity contribution is 5.82. The zero-order valence-electron chi connectivity index (χ0n) is 12.6. The van der Waals surface area contributed by atoms with Gasteiger partial charge in [-0.3, -0.25) is 4.79 Å². The van der Waals surface area contributed by atoms with Crippen LogP contribution in [0.2, 0.25) is 0 Å². The molecule has 0 saturated carbocycles. The number of anilines is 1. The van der Waals surface area contributed by atoms with Crippen molar-refractivity contribution >= 4 is 17.2 Å². The SMILES string of the molecule is COCCNC(=O)CNc1nccn2nc(C(C)C)cc12. The molecule has 0 aromatic carbocycles. The summed E-state index contributed by atoms with van der Waals surface area (Å²) in [4.78, 5) is 15.9. The number of hydrogen-bond acceptors (Lipinski definition) is 5. The molecule has 2 heterocycles. The molecular formula is C14H21N5O2. The first-order valence-corrected chi connectivity index (χ1v) is 6.95. The van der Waals surface area contributed by atoms with Crippen LogP contribution in [0.25, 0.3) is 5.52 Å². The maximum absolute atomic E-state index is 11.7. The summed E-state index contributed by atoms with van der Waals surface area (Å²) in [6.07, 6.45) is 3.46. The molecule has 0 aliphatic rings. The van der Waals surface area contributed by atoms with E-state index in [0.29, 0.717) is 24.9 Å². The van der Waals surface area contributed by atoms with Crippen molar-refractivity contribution in [1.29, 1.82) is 0 Å². The van der Waals surface area contributed by atoms with E-state index in [1.807, 2.05) is 6.07 Å². The Labute approximate surface area is 123 Å². The quantitative estimate of drug-likeness (QED) is 0.745. The zero-order chi connectivity index (χ0) is 15.2. The number of nitrogens with zero attached hydrogens (tertiary/aromatic N) is 3. The van der Waals surface area contributed by atoms with E-state index in [2.05, 4.69) is 34.6 Å². The molecule has 0 saturated heterocycles. The molecule has 2 aromatic rings. The zero-order valence-corrected chi connectivity index (χ0v) is 12.6. The lowest BCUT2D eigenvalue weighted by Crippen LogP contribution is -2.32. The van der Waals surface area contributed by atoms with Crippen molar-refractivity contribution in [1.82, 2.24) is 19.9 Å². The third-order valence-electron chi connectivity index (χ3n) is 3.05. The van der Waals surface area contributed by atoms with E-state index >= 15 is 0 Å². The minimum atomic E-state index is -0.0977. The van der Waals surface area contributed by atoms with Gasteiger partial charge in [0.2, 0.25) is 5.91 Å². The third-order valence-corrected chi connectivity index (χ3v) is 3.05. The van der Waals surface area contributed by atoms with Crippen LogP contribution < -0.4 is 10.6 Å². The molecule has 0 unspecified atom stereocenters.